The Morgan fingerprint density at radius 1 is 0.842 bits per heavy atom. The first kappa shape index (κ1) is 13.7. The summed E-state index contributed by atoms with van der Waals surface area (Å²) in [4.78, 5) is 0. The summed E-state index contributed by atoms with van der Waals surface area (Å²) in [5.74, 6) is 0.580. The minimum atomic E-state index is 0.580. The van der Waals surface area contributed by atoms with Crippen LogP contribution < -0.4 is 5.32 Å². The summed E-state index contributed by atoms with van der Waals surface area (Å²) in [6.07, 6.45) is 0. The number of rotatable bonds is 3. The quantitative estimate of drug-likeness (QED) is 0.763. The topological polar surface area (TPSA) is 12.0 Å². The molecule has 2 aromatic rings. The highest BCUT2D eigenvalue weighted by Crippen LogP contribution is 2.26. The van der Waals surface area contributed by atoms with E-state index in [-0.39, 0.29) is 0 Å². The van der Waals surface area contributed by atoms with Gasteiger partial charge in [0.2, 0.25) is 0 Å². The third kappa shape index (κ3) is 3.17. The van der Waals surface area contributed by atoms with Gasteiger partial charge in [0, 0.05) is 11.4 Å². The molecular formula is C18H23N. The molecule has 1 N–H and O–H groups in total. The lowest BCUT2D eigenvalue weighted by atomic mass is 10.0. The van der Waals surface area contributed by atoms with E-state index in [1.54, 1.807) is 0 Å². The van der Waals surface area contributed by atoms with Gasteiger partial charge in [-0.3, -0.25) is 0 Å². The second-order valence-electron chi connectivity index (χ2n) is 5.68. The number of benzene rings is 2. The summed E-state index contributed by atoms with van der Waals surface area (Å²) < 4.78 is 0. The number of hydrogen-bond donors (Lipinski definition) is 1. The molecule has 0 saturated heterocycles. The van der Waals surface area contributed by atoms with E-state index < -0.39 is 0 Å². The molecule has 0 fully saturated rings. The summed E-state index contributed by atoms with van der Waals surface area (Å²) in [6.45, 7) is 10.9. The van der Waals surface area contributed by atoms with Crippen molar-refractivity contribution in [1.82, 2.24) is 0 Å². The average Bonchev–Trinajstić information content (AvgIpc) is 2.34. The molecule has 0 atom stereocenters. The van der Waals surface area contributed by atoms with Crippen molar-refractivity contribution < 1.29 is 0 Å². The zero-order chi connectivity index (χ0) is 14.0. The molecule has 0 saturated carbocycles. The van der Waals surface area contributed by atoms with Crippen LogP contribution in [0, 0.1) is 20.8 Å². The van der Waals surface area contributed by atoms with E-state index in [4.69, 9.17) is 0 Å². The Morgan fingerprint density at radius 3 is 1.84 bits per heavy atom. The maximum absolute atomic E-state index is 3.53. The zero-order valence-electron chi connectivity index (χ0n) is 12.5. The van der Waals surface area contributed by atoms with Crippen LogP contribution in [-0.4, -0.2) is 0 Å². The minimum Gasteiger partial charge on any atom is -0.355 e. The maximum Gasteiger partial charge on any atom is 0.0443 e. The molecule has 0 unspecified atom stereocenters. The summed E-state index contributed by atoms with van der Waals surface area (Å²) in [5.41, 5.74) is 7.66. The lowest BCUT2D eigenvalue weighted by Gasteiger charge is -2.14. The molecule has 1 heteroatoms. The van der Waals surface area contributed by atoms with E-state index in [9.17, 15) is 0 Å². The Morgan fingerprint density at radius 2 is 1.37 bits per heavy atom. The predicted octanol–water partition coefficient (Wildman–Crippen LogP) is 5.48. The molecule has 0 heterocycles. The second kappa shape index (κ2) is 5.48. The van der Waals surface area contributed by atoms with Crippen molar-refractivity contribution in [1.29, 1.82) is 0 Å². The molecule has 1 nitrogen and oxygen atoms in total. The molecule has 0 bridgehead atoms. The molecule has 2 aromatic carbocycles. The fourth-order valence-corrected chi connectivity index (χ4v) is 2.47. The van der Waals surface area contributed by atoms with E-state index in [1.165, 1.54) is 27.9 Å². The second-order valence-corrected chi connectivity index (χ2v) is 5.68. The molecular weight excluding hydrogens is 230 g/mol. The largest absolute Gasteiger partial charge is 0.355 e. The molecule has 0 spiro atoms. The first-order valence-electron chi connectivity index (χ1n) is 6.92. The minimum absolute atomic E-state index is 0.580. The number of nitrogens with one attached hydrogen (secondary N) is 1. The third-order valence-corrected chi connectivity index (χ3v) is 3.52. The first-order valence-corrected chi connectivity index (χ1v) is 6.92. The monoisotopic (exact) mass is 253 g/mol. The van der Waals surface area contributed by atoms with Gasteiger partial charge in [-0.1, -0.05) is 43.7 Å². The lowest BCUT2D eigenvalue weighted by Crippen LogP contribution is -1.97. The van der Waals surface area contributed by atoms with Crippen LogP contribution in [0.3, 0.4) is 0 Å². The van der Waals surface area contributed by atoms with Gasteiger partial charge in [-0.15, -0.1) is 0 Å². The Balaban J connectivity index is 2.26. The molecule has 0 aromatic heterocycles. The van der Waals surface area contributed by atoms with Crippen molar-refractivity contribution in [2.45, 2.75) is 40.5 Å². The van der Waals surface area contributed by atoms with Crippen LogP contribution in [0.5, 0.6) is 0 Å². The van der Waals surface area contributed by atoms with Crippen molar-refractivity contribution in [3.05, 3.63) is 58.7 Å². The Labute approximate surface area is 116 Å². The molecule has 0 radical (unpaired) electrons. The molecule has 0 aliphatic rings. The standard InChI is InChI=1S/C18H23N/c1-12(2)16-6-8-17(9-7-16)19-18-14(4)10-13(3)11-15(18)5/h6-12,19H,1-5H3. The molecule has 2 rings (SSSR count). The van der Waals surface area contributed by atoms with Crippen molar-refractivity contribution in [2.75, 3.05) is 5.32 Å². The summed E-state index contributed by atoms with van der Waals surface area (Å²) in [5, 5.41) is 3.53. The summed E-state index contributed by atoms with van der Waals surface area (Å²) >= 11 is 0. The van der Waals surface area contributed by atoms with E-state index in [0.29, 0.717) is 5.92 Å². The van der Waals surface area contributed by atoms with E-state index in [2.05, 4.69) is 76.3 Å². The third-order valence-electron chi connectivity index (χ3n) is 3.52. The first-order chi connectivity index (χ1) is 8.97. The highest BCUT2D eigenvalue weighted by Gasteiger charge is 2.05. The van der Waals surface area contributed by atoms with Crippen LogP contribution in [0.2, 0.25) is 0 Å². The van der Waals surface area contributed by atoms with E-state index in [1.807, 2.05) is 0 Å². The van der Waals surface area contributed by atoms with Gasteiger partial charge in [-0.25, -0.2) is 0 Å². The highest BCUT2D eigenvalue weighted by atomic mass is 14.9. The maximum atomic E-state index is 3.53. The van der Waals surface area contributed by atoms with Gasteiger partial charge in [-0.2, -0.15) is 0 Å². The van der Waals surface area contributed by atoms with Crippen LogP contribution in [0.4, 0.5) is 11.4 Å². The molecule has 100 valence electrons. The van der Waals surface area contributed by atoms with Crippen molar-refractivity contribution in [3.8, 4) is 0 Å². The molecule has 0 aliphatic carbocycles. The van der Waals surface area contributed by atoms with Gasteiger partial charge in [0.25, 0.3) is 0 Å². The van der Waals surface area contributed by atoms with Crippen LogP contribution in [0.1, 0.15) is 42.0 Å². The van der Waals surface area contributed by atoms with Crippen molar-refractivity contribution in [2.24, 2.45) is 0 Å². The number of aryl methyl sites for hydroxylation is 3. The predicted molar refractivity (Wildman–Crippen MR) is 84.5 cm³/mol. The SMILES string of the molecule is Cc1cc(C)c(Nc2ccc(C(C)C)cc2)c(C)c1. The lowest BCUT2D eigenvalue weighted by molar-refractivity contribution is 0.867. The Bertz CT molecular complexity index is 542. The molecule has 0 amide bonds. The fourth-order valence-electron chi connectivity index (χ4n) is 2.47. The smallest absolute Gasteiger partial charge is 0.0443 e. The van der Waals surface area contributed by atoms with Gasteiger partial charge in [0.15, 0.2) is 0 Å². The number of anilines is 2. The van der Waals surface area contributed by atoms with Crippen molar-refractivity contribution >= 4 is 11.4 Å². The van der Waals surface area contributed by atoms with E-state index in [0.717, 1.165) is 5.69 Å². The van der Waals surface area contributed by atoms with Crippen LogP contribution in [0.25, 0.3) is 0 Å². The molecule has 19 heavy (non-hydrogen) atoms. The van der Waals surface area contributed by atoms with Gasteiger partial charge in [0.1, 0.15) is 0 Å². The highest BCUT2D eigenvalue weighted by molar-refractivity contribution is 5.67. The Kier molecular flexibility index (Phi) is 3.94. The van der Waals surface area contributed by atoms with Gasteiger partial charge in [0.05, 0.1) is 0 Å². The Hall–Kier alpha value is -1.76. The normalized spacial score (nSPS) is 10.8. The van der Waals surface area contributed by atoms with Gasteiger partial charge in [-0.05, 0) is 55.5 Å². The van der Waals surface area contributed by atoms with E-state index >= 15 is 0 Å². The number of hydrogen-bond acceptors (Lipinski definition) is 1. The van der Waals surface area contributed by atoms with Gasteiger partial charge < -0.3 is 5.32 Å². The van der Waals surface area contributed by atoms with Crippen LogP contribution in [-0.2, 0) is 0 Å². The fraction of sp³-hybridized carbons (Fsp3) is 0.333. The van der Waals surface area contributed by atoms with Crippen molar-refractivity contribution in [3.63, 3.8) is 0 Å². The van der Waals surface area contributed by atoms with Crippen LogP contribution in [0.15, 0.2) is 36.4 Å². The molecule has 0 aliphatic heterocycles. The zero-order valence-corrected chi connectivity index (χ0v) is 12.5. The average molecular weight is 253 g/mol. The summed E-state index contributed by atoms with van der Waals surface area (Å²) in [7, 11) is 0. The van der Waals surface area contributed by atoms with Crippen LogP contribution >= 0.6 is 0 Å². The summed E-state index contributed by atoms with van der Waals surface area (Å²) in [6, 6.07) is 13.2. The van der Waals surface area contributed by atoms with Gasteiger partial charge >= 0.3 is 0 Å².